The lowest BCUT2D eigenvalue weighted by atomic mass is 10.3. The molecule has 0 aliphatic heterocycles. The smallest absolute Gasteiger partial charge is 0.244 e. The van der Waals surface area contributed by atoms with Crippen molar-refractivity contribution in [1.82, 2.24) is 19.5 Å². The first-order chi connectivity index (χ1) is 9.54. The molecule has 0 saturated carbocycles. The van der Waals surface area contributed by atoms with Crippen molar-refractivity contribution in [2.75, 3.05) is 12.0 Å². The fourth-order valence-corrected chi connectivity index (χ4v) is 2.89. The molecule has 2 rings (SSSR count). The van der Waals surface area contributed by atoms with Gasteiger partial charge >= 0.3 is 0 Å². The third-order valence-electron chi connectivity index (χ3n) is 2.83. The molecule has 0 unspecified atom stereocenters. The van der Waals surface area contributed by atoms with Crippen LogP contribution in [0, 0.1) is 0 Å². The van der Waals surface area contributed by atoms with Crippen LogP contribution in [0.5, 0.6) is 0 Å². The first-order valence-corrected chi connectivity index (χ1v) is 7.40. The SMILES string of the molecule is Cn1nccc1CCNS(=O)(=O)c1cnccc1NN. The average Bonchev–Trinajstić information content (AvgIpc) is 2.84. The largest absolute Gasteiger partial charge is 0.323 e. The zero-order valence-electron chi connectivity index (χ0n) is 10.9. The number of hydrogen-bond acceptors (Lipinski definition) is 6. The number of hydrazine groups is 1. The van der Waals surface area contributed by atoms with Gasteiger partial charge in [-0.1, -0.05) is 0 Å². The van der Waals surface area contributed by atoms with Gasteiger partial charge in [-0.05, 0) is 12.1 Å². The lowest BCUT2D eigenvalue weighted by Gasteiger charge is -2.10. The highest BCUT2D eigenvalue weighted by Crippen LogP contribution is 2.17. The summed E-state index contributed by atoms with van der Waals surface area (Å²) in [4.78, 5) is 3.82. The van der Waals surface area contributed by atoms with Gasteiger partial charge in [0.1, 0.15) is 4.90 Å². The van der Waals surface area contributed by atoms with Crippen molar-refractivity contribution >= 4 is 15.7 Å². The number of hydrogen-bond donors (Lipinski definition) is 3. The van der Waals surface area contributed by atoms with Gasteiger partial charge < -0.3 is 5.43 Å². The number of nitrogens with one attached hydrogen (secondary N) is 2. The molecule has 0 amide bonds. The Kier molecular flexibility index (Phi) is 4.32. The van der Waals surface area contributed by atoms with Crippen LogP contribution in [0.2, 0.25) is 0 Å². The summed E-state index contributed by atoms with van der Waals surface area (Å²) in [5, 5.41) is 4.02. The van der Waals surface area contributed by atoms with Gasteiger partial charge in [-0.3, -0.25) is 15.5 Å². The predicted molar refractivity (Wildman–Crippen MR) is 74.1 cm³/mol. The summed E-state index contributed by atoms with van der Waals surface area (Å²) in [6.45, 7) is 0.265. The molecule has 2 heterocycles. The van der Waals surface area contributed by atoms with E-state index in [0.29, 0.717) is 12.1 Å². The fraction of sp³-hybridized carbons (Fsp3) is 0.273. The number of nitrogens with zero attached hydrogens (tertiary/aromatic N) is 3. The third kappa shape index (κ3) is 3.13. The van der Waals surface area contributed by atoms with Crippen molar-refractivity contribution < 1.29 is 8.42 Å². The number of anilines is 1. The van der Waals surface area contributed by atoms with E-state index in [2.05, 4.69) is 20.2 Å². The van der Waals surface area contributed by atoms with Crippen molar-refractivity contribution in [2.24, 2.45) is 12.9 Å². The Morgan fingerprint density at radius 2 is 2.15 bits per heavy atom. The highest BCUT2D eigenvalue weighted by atomic mass is 32.2. The predicted octanol–water partition coefficient (Wildman–Crippen LogP) is -0.378. The van der Waals surface area contributed by atoms with Gasteiger partial charge in [-0.15, -0.1) is 0 Å². The Labute approximate surface area is 117 Å². The molecule has 2 aromatic heterocycles. The lowest BCUT2D eigenvalue weighted by molar-refractivity contribution is 0.579. The van der Waals surface area contributed by atoms with E-state index in [4.69, 9.17) is 5.84 Å². The molecule has 0 fully saturated rings. The summed E-state index contributed by atoms with van der Waals surface area (Å²) in [7, 11) is -1.85. The number of aromatic nitrogens is 3. The van der Waals surface area contributed by atoms with Gasteiger partial charge in [0, 0.05) is 44.3 Å². The minimum atomic E-state index is -3.65. The van der Waals surface area contributed by atoms with E-state index in [-0.39, 0.29) is 11.4 Å². The van der Waals surface area contributed by atoms with Gasteiger partial charge in [0.25, 0.3) is 0 Å². The van der Waals surface area contributed by atoms with Crippen LogP contribution in [0.1, 0.15) is 5.69 Å². The van der Waals surface area contributed by atoms with E-state index in [1.165, 1.54) is 18.5 Å². The maximum Gasteiger partial charge on any atom is 0.244 e. The number of sulfonamides is 1. The van der Waals surface area contributed by atoms with Crippen molar-refractivity contribution in [3.8, 4) is 0 Å². The van der Waals surface area contributed by atoms with Crippen LogP contribution in [0.15, 0.2) is 35.6 Å². The number of rotatable bonds is 6. The summed E-state index contributed by atoms with van der Waals surface area (Å²) in [6.07, 6.45) is 4.92. The van der Waals surface area contributed by atoms with Crippen LogP contribution in [0.4, 0.5) is 5.69 Å². The number of nitrogens with two attached hydrogens (primary N) is 1. The van der Waals surface area contributed by atoms with Gasteiger partial charge in [0.05, 0.1) is 5.69 Å². The lowest BCUT2D eigenvalue weighted by Crippen LogP contribution is -2.28. The second-order valence-electron chi connectivity index (χ2n) is 4.11. The van der Waals surface area contributed by atoms with E-state index in [0.717, 1.165) is 5.69 Å². The van der Waals surface area contributed by atoms with Crippen molar-refractivity contribution in [2.45, 2.75) is 11.3 Å². The second-order valence-corrected chi connectivity index (χ2v) is 5.85. The van der Waals surface area contributed by atoms with Crippen molar-refractivity contribution in [1.29, 1.82) is 0 Å². The van der Waals surface area contributed by atoms with Gasteiger partial charge in [-0.25, -0.2) is 13.1 Å². The molecule has 0 spiro atoms. The van der Waals surface area contributed by atoms with Crippen LogP contribution >= 0.6 is 0 Å². The zero-order valence-corrected chi connectivity index (χ0v) is 11.8. The van der Waals surface area contributed by atoms with Crippen LogP contribution in [-0.2, 0) is 23.5 Å². The average molecular weight is 296 g/mol. The molecule has 0 bridgehead atoms. The van der Waals surface area contributed by atoms with Gasteiger partial charge in [0.2, 0.25) is 10.0 Å². The molecule has 4 N–H and O–H groups in total. The maximum atomic E-state index is 12.2. The Hall–Kier alpha value is -1.97. The quantitative estimate of drug-likeness (QED) is 0.494. The van der Waals surface area contributed by atoms with Crippen LogP contribution in [-0.4, -0.2) is 29.7 Å². The Morgan fingerprint density at radius 3 is 2.80 bits per heavy atom. The third-order valence-corrected chi connectivity index (χ3v) is 4.31. The van der Waals surface area contributed by atoms with Crippen LogP contribution in [0.3, 0.4) is 0 Å². The molecule has 0 aromatic carbocycles. The van der Waals surface area contributed by atoms with E-state index < -0.39 is 10.0 Å². The summed E-state index contributed by atoms with van der Waals surface area (Å²) in [6, 6.07) is 3.33. The molecule has 0 saturated heterocycles. The fourth-order valence-electron chi connectivity index (χ4n) is 1.75. The number of aryl methyl sites for hydroxylation is 1. The monoisotopic (exact) mass is 296 g/mol. The summed E-state index contributed by atoms with van der Waals surface area (Å²) in [5.74, 6) is 5.29. The summed E-state index contributed by atoms with van der Waals surface area (Å²) < 4.78 is 28.5. The first-order valence-electron chi connectivity index (χ1n) is 5.92. The van der Waals surface area contributed by atoms with E-state index in [1.54, 1.807) is 17.9 Å². The molecule has 9 heteroatoms. The first kappa shape index (κ1) is 14.4. The molecule has 0 aliphatic carbocycles. The molecule has 0 aliphatic rings. The summed E-state index contributed by atoms with van der Waals surface area (Å²) >= 11 is 0. The Bertz CT molecular complexity index is 682. The normalized spacial score (nSPS) is 11.5. The van der Waals surface area contributed by atoms with E-state index in [9.17, 15) is 8.42 Å². The highest BCUT2D eigenvalue weighted by molar-refractivity contribution is 7.89. The summed E-state index contributed by atoms with van der Waals surface area (Å²) in [5.41, 5.74) is 3.58. The van der Waals surface area contributed by atoms with Crippen LogP contribution < -0.4 is 16.0 Å². The maximum absolute atomic E-state index is 12.2. The molecule has 108 valence electrons. The Morgan fingerprint density at radius 1 is 1.35 bits per heavy atom. The van der Waals surface area contributed by atoms with Crippen molar-refractivity contribution in [3.05, 3.63) is 36.4 Å². The minimum Gasteiger partial charge on any atom is -0.323 e. The van der Waals surface area contributed by atoms with Crippen LogP contribution in [0.25, 0.3) is 0 Å². The van der Waals surface area contributed by atoms with Gasteiger partial charge in [0.15, 0.2) is 0 Å². The second kappa shape index (κ2) is 5.99. The standard InChI is InChI=1S/C11H16N6O2S/c1-17-9(2-6-14-17)3-7-15-20(18,19)11-8-13-5-4-10(11)16-12/h2,4-6,8,15H,3,7,12H2,1H3,(H,13,16). The van der Waals surface area contributed by atoms with Gasteiger partial charge in [-0.2, -0.15) is 5.10 Å². The molecular formula is C11H16N6O2S. The molecular weight excluding hydrogens is 280 g/mol. The molecule has 0 atom stereocenters. The zero-order chi connectivity index (χ0) is 14.6. The molecule has 2 aromatic rings. The molecule has 8 nitrogen and oxygen atoms in total. The van der Waals surface area contributed by atoms with E-state index >= 15 is 0 Å². The highest BCUT2D eigenvalue weighted by Gasteiger charge is 2.18. The molecule has 0 radical (unpaired) electrons. The van der Waals surface area contributed by atoms with E-state index in [1.807, 2.05) is 6.07 Å². The topological polar surface area (TPSA) is 115 Å². The number of nitrogen functional groups attached to an aromatic ring is 1. The van der Waals surface area contributed by atoms with Crippen molar-refractivity contribution in [3.63, 3.8) is 0 Å². The Balaban J connectivity index is 2.06. The molecule has 20 heavy (non-hydrogen) atoms. The number of pyridine rings is 1. The minimum absolute atomic E-state index is 0.0208.